The number of nitrogens with one attached hydrogen (secondary N) is 3. The quantitative estimate of drug-likeness (QED) is 0.781. The Morgan fingerprint density at radius 1 is 1.04 bits per heavy atom. The van der Waals surface area contributed by atoms with Crippen molar-refractivity contribution in [3.63, 3.8) is 0 Å². The van der Waals surface area contributed by atoms with Crippen molar-refractivity contribution in [3.8, 4) is 0 Å². The minimum Gasteiger partial charge on any atom is -0.371 e. The van der Waals surface area contributed by atoms with E-state index in [9.17, 15) is 0 Å². The van der Waals surface area contributed by atoms with E-state index < -0.39 is 0 Å². The molecule has 0 unspecified atom stereocenters. The molecule has 4 nitrogen and oxygen atoms in total. The van der Waals surface area contributed by atoms with Crippen molar-refractivity contribution in [3.05, 3.63) is 59.1 Å². The van der Waals surface area contributed by atoms with Gasteiger partial charge in [-0.1, -0.05) is 41.9 Å². The molecule has 0 aromatic heterocycles. The molecule has 0 aliphatic carbocycles. The molecule has 2 heterocycles. The SMILES string of the molecule is Clc1ccccc1CNC1=Nc2ccccc2NC12CCNCC2. The number of para-hydroxylation sites is 2. The molecule has 2 aromatic rings. The molecular weight excluding hydrogens is 320 g/mol. The topological polar surface area (TPSA) is 48.5 Å². The van der Waals surface area contributed by atoms with E-state index in [1.807, 2.05) is 30.3 Å². The average Bonchev–Trinajstić information content (AvgIpc) is 2.62. The van der Waals surface area contributed by atoms with Crippen LogP contribution >= 0.6 is 11.6 Å². The van der Waals surface area contributed by atoms with E-state index in [4.69, 9.17) is 16.6 Å². The van der Waals surface area contributed by atoms with E-state index >= 15 is 0 Å². The Labute approximate surface area is 147 Å². The number of fused-ring (bicyclic) bond motifs is 1. The maximum atomic E-state index is 6.29. The van der Waals surface area contributed by atoms with Gasteiger partial charge in [0.2, 0.25) is 0 Å². The summed E-state index contributed by atoms with van der Waals surface area (Å²) in [6.45, 7) is 2.65. The number of anilines is 1. The fraction of sp³-hybridized carbons (Fsp3) is 0.316. The normalized spacial score (nSPS) is 18.5. The summed E-state index contributed by atoms with van der Waals surface area (Å²) >= 11 is 6.29. The highest BCUT2D eigenvalue weighted by Crippen LogP contribution is 2.36. The summed E-state index contributed by atoms with van der Waals surface area (Å²) in [6.07, 6.45) is 2.02. The van der Waals surface area contributed by atoms with Crippen molar-refractivity contribution >= 4 is 28.8 Å². The number of benzene rings is 2. The number of amidine groups is 1. The number of aliphatic imine (C=N–C) groups is 1. The van der Waals surface area contributed by atoms with Crippen LogP contribution in [0.25, 0.3) is 0 Å². The zero-order valence-electron chi connectivity index (χ0n) is 13.5. The average molecular weight is 341 g/mol. The Balaban J connectivity index is 1.64. The fourth-order valence-corrected chi connectivity index (χ4v) is 3.67. The molecule has 2 aromatic carbocycles. The summed E-state index contributed by atoms with van der Waals surface area (Å²) in [5.41, 5.74) is 3.07. The molecule has 2 aliphatic heterocycles. The van der Waals surface area contributed by atoms with Crippen LogP contribution < -0.4 is 16.0 Å². The summed E-state index contributed by atoms with van der Waals surface area (Å²) in [7, 11) is 0. The van der Waals surface area contributed by atoms with E-state index in [2.05, 4.69) is 34.1 Å². The van der Waals surface area contributed by atoms with Gasteiger partial charge in [-0.25, -0.2) is 4.99 Å². The van der Waals surface area contributed by atoms with Gasteiger partial charge in [-0.15, -0.1) is 0 Å². The van der Waals surface area contributed by atoms with Gasteiger partial charge in [0.25, 0.3) is 0 Å². The number of hydrogen-bond acceptors (Lipinski definition) is 4. The molecule has 24 heavy (non-hydrogen) atoms. The number of halogens is 1. The van der Waals surface area contributed by atoms with Crippen molar-refractivity contribution in [2.75, 3.05) is 18.4 Å². The lowest BCUT2D eigenvalue weighted by molar-refractivity contribution is 0.412. The second kappa shape index (κ2) is 6.46. The van der Waals surface area contributed by atoms with Crippen molar-refractivity contribution in [2.24, 2.45) is 4.99 Å². The molecule has 124 valence electrons. The van der Waals surface area contributed by atoms with Gasteiger partial charge in [0, 0.05) is 11.6 Å². The van der Waals surface area contributed by atoms with Gasteiger partial charge in [0.1, 0.15) is 5.84 Å². The molecule has 1 saturated heterocycles. The third-order valence-electron chi connectivity index (χ3n) is 4.82. The van der Waals surface area contributed by atoms with Crippen LogP contribution in [0.4, 0.5) is 11.4 Å². The molecule has 1 spiro atoms. The van der Waals surface area contributed by atoms with Crippen LogP contribution in [0.15, 0.2) is 53.5 Å². The third kappa shape index (κ3) is 2.87. The Hall–Kier alpha value is -2.04. The molecule has 0 radical (unpaired) electrons. The first kappa shape index (κ1) is 15.5. The first-order valence-electron chi connectivity index (χ1n) is 8.41. The third-order valence-corrected chi connectivity index (χ3v) is 5.19. The molecule has 3 N–H and O–H groups in total. The second-order valence-electron chi connectivity index (χ2n) is 6.38. The minimum atomic E-state index is -0.124. The molecule has 0 saturated carbocycles. The first-order valence-corrected chi connectivity index (χ1v) is 8.79. The Morgan fingerprint density at radius 2 is 1.79 bits per heavy atom. The lowest BCUT2D eigenvalue weighted by Crippen LogP contribution is -2.58. The highest BCUT2D eigenvalue weighted by molar-refractivity contribution is 6.31. The van der Waals surface area contributed by atoms with Crippen LogP contribution in [0.5, 0.6) is 0 Å². The molecule has 0 amide bonds. The Morgan fingerprint density at radius 3 is 2.62 bits per heavy atom. The van der Waals surface area contributed by atoms with E-state index in [0.29, 0.717) is 6.54 Å². The predicted octanol–water partition coefficient (Wildman–Crippen LogP) is 3.71. The van der Waals surface area contributed by atoms with Crippen LogP contribution in [-0.4, -0.2) is 24.5 Å². The molecule has 5 heteroatoms. The molecule has 2 aliphatic rings. The summed E-state index contributed by atoms with van der Waals surface area (Å²) in [6, 6.07) is 16.2. The van der Waals surface area contributed by atoms with Gasteiger partial charge in [-0.05, 0) is 49.7 Å². The monoisotopic (exact) mass is 340 g/mol. The van der Waals surface area contributed by atoms with Crippen LogP contribution in [0, 0.1) is 0 Å². The van der Waals surface area contributed by atoms with E-state index in [-0.39, 0.29) is 5.54 Å². The smallest absolute Gasteiger partial charge is 0.128 e. The molecule has 4 rings (SSSR count). The first-order chi connectivity index (χ1) is 11.8. The zero-order chi connectivity index (χ0) is 16.4. The standard InChI is InChI=1S/C19H21ClN4/c20-15-6-2-1-5-14(15)13-22-18-19(9-11-21-12-10-19)24-17-8-4-3-7-16(17)23-18/h1-8,21,24H,9-13H2,(H,22,23). The van der Waals surface area contributed by atoms with E-state index in [1.54, 1.807) is 0 Å². The maximum Gasteiger partial charge on any atom is 0.128 e. The van der Waals surface area contributed by atoms with Crippen LogP contribution in [0.2, 0.25) is 5.02 Å². The van der Waals surface area contributed by atoms with Crippen molar-refractivity contribution in [1.29, 1.82) is 0 Å². The van der Waals surface area contributed by atoms with Gasteiger partial charge in [-0.3, -0.25) is 0 Å². The Kier molecular flexibility index (Phi) is 4.17. The Bertz CT molecular complexity index is 765. The zero-order valence-corrected chi connectivity index (χ0v) is 14.2. The largest absolute Gasteiger partial charge is 0.371 e. The predicted molar refractivity (Wildman–Crippen MR) is 100 cm³/mol. The summed E-state index contributed by atoms with van der Waals surface area (Å²) in [5, 5.41) is 11.5. The maximum absolute atomic E-state index is 6.29. The molecule has 0 atom stereocenters. The van der Waals surface area contributed by atoms with Crippen LogP contribution in [0.3, 0.4) is 0 Å². The van der Waals surface area contributed by atoms with Gasteiger partial charge in [-0.2, -0.15) is 0 Å². The molecule has 1 fully saturated rings. The van der Waals surface area contributed by atoms with Crippen LogP contribution in [0.1, 0.15) is 18.4 Å². The van der Waals surface area contributed by atoms with Crippen molar-refractivity contribution < 1.29 is 0 Å². The highest BCUT2D eigenvalue weighted by atomic mass is 35.5. The van der Waals surface area contributed by atoms with Gasteiger partial charge >= 0.3 is 0 Å². The second-order valence-corrected chi connectivity index (χ2v) is 6.79. The molecule has 0 bridgehead atoms. The van der Waals surface area contributed by atoms with Crippen LogP contribution in [-0.2, 0) is 6.54 Å². The van der Waals surface area contributed by atoms with Gasteiger partial charge in [0.15, 0.2) is 0 Å². The lowest BCUT2D eigenvalue weighted by Gasteiger charge is -2.43. The van der Waals surface area contributed by atoms with Gasteiger partial charge < -0.3 is 16.0 Å². The van der Waals surface area contributed by atoms with Crippen molar-refractivity contribution in [1.82, 2.24) is 10.6 Å². The summed E-state index contributed by atoms with van der Waals surface area (Å²) < 4.78 is 0. The van der Waals surface area contributed by atoms with E-state index in [1.165, 1.54) is 0 Å². The summed E-state index contributed by atoms with van der Waals surface area (Å²) in [4.78, 5) is 4.94. The minimum absolute atomic E-state index is 0.124. The molecular formula is C19H21ClN4. The number of rotatable bonds is 2. The van der Waals surface area contributed by atoms with E-state index in [0.717, 1.165) is 53.7 Å². The number of hydrogen-bond donors (Lipinski definition) is 3. The fourth-order valence-electron chi connectivity index (χ4n) is 3.47. The lowest BCUT2D eigenvalue weighted by atomic mass is 9.85. The highest BCUT2D eigenvalue weighted by Gasteiger charge is 2.40. The summed E-state index contributed by atoms with van der Waals surface area (Å²) in [5.74, 6) is 1.02. The number of nitrogens with zero attached hydrogens (tertiary/aromatic N) is 1. The van der Waals surface area contributed by atoms with Crippen molar-refractivity contribution in [2.45, 2.75) is 24.9 Å². The van der Waals surface area contributed by atoms with Gasteiger partial charge in [0.05, 0.1) is 16.9 Å². The number of piperidine rings is 1.